The van der Waals surface area contributed by atoms with Crippen molar-refractivity contribution in [1.82, 2.24) is 0 Å². The normalized spacial score (nSPS) is 11.6. The second-order valence-electron chi connectivity index (χ2n) is 14.5. The van der Waals surface area contributed by atoms with E-state index in [4.69, 9.17) is 4.42 Å². The Morgan fingerprint density at radius 3 is 1.70 bits per heavy atom. The second-order valence-corrected chi connectivity index (χ2v) is 14.5. The number of rotatable bonds is 6. The summed E-state index contributed by atoms with van der Waals surface area (Å²) < 4.78 is 6.43. The van der Waals surface area contributed by atoms with Gasteiger partial charge in [0.1, 0.15) is 11.2 Å². The number of anilines is 3. The fraction of sp³-hybridized carbons (Fsp3) is 0. The molecule has 56 heavy (non-hydrogen) atoms. The molecule has 0 N–H and O–H groups in total. The Labute approximate surface area is 325 Å². The van der Waals surface area contributed by atoms with Crippen molar-refractivity contribution < 1.29 is 4.42 Å². The van der Waals surface area contributed by atoms with Crippen molar-refractivity contribution in [2.75, 3.05) is 4.90 Å². The third-order valence-corrected chi connectivity index (χ3v) is 11.2. The molecule has 0 aliphatic carbocycles. The van der Waals surface area contributed by atoms with Crippen molar-refractivity contribution in [1.29, 1.82) is 0 Å². The van der Waals surface area contributed by atoms with Crippen LogP contribution in [0.15, 0.2) is 217 Å². The Bertz CT molecular complexity index is 3250. The standard InChI is InChI=1S/C54H35NO/c1-2-12-39-33-40(24-23-36(39)11-1)37-25-29-43(30-26-37)55(44-31-27-38(28-32-44)47-20-10-21-51-50-19-7-8-22-53(50)56-54(47)51)45-15-9-14-41(34-45)52-35-42-13-3-4-16-46(42)48-17-5-6-18-49(48)52/h1-35H. The molecule has 11 aromatic rings. The summed E-state index contributed by atoms with van der Waals surface area (Å²) in [6.07, 6.45) is 0. The van der Waals surface area contributed by atoms with E-state index in [2.05, 4.69) is 205 Å². The summed E-state index contributed by atoms with van der Waals surface area (Å²) in [7, 11) is 0. The molecule has 0 radical (unpaired) electrons. The first-order valence-electron chi connectivity index (χ1n) is 19.2. The first kappa shape index (κ1) is 32.0. The molecule has 2 heteroatoms. The van der Waals surface area contributed by atoms with Crippen molar-refractivity contribution in [2.24, 2.45) is 0 Å². The molecule has 2 nitrogen and oxygen atoms in total. The van der Waals surface area contributed by atoms with Crippen LogP contribution in [0.2, 0.25) is 0 Å². The fourth-order valence-electron chi connectivity index (χ4n) is 8.49. The molecule has 0 fully saturated rings. The summed E-state index contributed by atoms with van der Waals surface area (Å²) >= 11 is 0. The second kappa shape index (κ2) is 13.2. The van der Waals surface area contributed by atoms with Gasteiger partial charge in [0.15, 0.2) is 0 Å². The molecule has 262 valence electrons. The summed E-state index contributed by atoms with van der Waals surface area (Å²) in [5, 5.41) is 9.79. The third-order valence-electron chi connectivity index (χ3n) is 11.2. The van der Waals surface area contributed by atoms with Gasteiger partial charge in [-0.15, -0.1) is 0 Å². The molecule has 0 aliphatic rings. The van der Waals surface area contributed by atoms with Crippen LogP contribution in [0.25, 0.3) is 87.6 Å². The van der Waals surface area contributed by atoms with Gasteiger partial charge in [-0.3, -0.25) is 0 Å². The van der Waals surface area contributed by atoms with Crippen molar-refractivity contribution in [2.45, 2.75) is 0 Å². The zero-order chi connectivity index (χ0) is 37.0. The SMILES string of the molecule is c1cc(-c2cc3ccccc3c3ccccc23)cc(N(c2ccc(-c3ccc4ccccc4c3)cc2)c2ccc(-c3cccc4c3oc3ccccc34)cc2)c1. The van der Waals surface area contributed by atoms with Gasteiger partial charge in [-0.25, -0.2) is 0 Å². The van der Waals surface area contributed by atoms with E-state index in [0.29, 0.717) is 0 Å². The summed E-state index contributed by atoms with van der Waals surface area (Å²) in [5.41, 5.74) is 12.1. The molecule has 0 aliphatic heterocycles. The number of hydrogen-bond donors (Lipinski definition) is 0. The minimum absolute atomic E-state index is 0.906. The fourth-order valence-corrected chi connectivity index (χ4v) is 8.49. The van der Waals surface area contributed by atoms with Crippen LogP contribution in [0, 0.1) is 0 Å². The lowest BCUT2D eigenvalue weighted by atomic mass is 9.93. The Hall–Kier alpha value is -7.42. The molecule has 0 unspecified atom stereocenters. The van der Waals surface area contributed by atoms with Crippen LogP contribution in [0.4, 0.5) is 17.1 Å². The van der Waals surface area contributed by atoms with Gasteiger partial charge in [0.05, 0.1) is 0 Å². The molecule has 1 aromatic heterocycles. The molecular weight excluding hydrogens is 679 g/mol. The van der Waals surface area contributed by atoms with Crippen LogP contribution in [-0.2, 0) is 0 Å². The van der Waals surface area contributed by atoms with Gasteiger partial charge in [-0.05, 0) is 115 Å². The van der Waals surface area contributed by atoms with Gasteiger partial charge in [-0.2, -0.15) is 0 Å². The summed E-state index contributed by atoms with van der Waals surface area (Å²) in [5.74, 6) is 0. The van der Waals surface area contributed by atoms with Crippen LogP contribution < -0.4 is 4.90 Å². The van der Waals surface area contributed by atoms with E-state index >= 15 is 0 Å². The highest BCUT2D eigenvalue weighted by Gasteiger charge is 2.17. The van der Waals surface area contributed by atoms with E-state index in [-0.39, 0.29) is 0 Å². The number of benzene rings is 10. The van der Waals surface area contributed by atoms with Gasteiger partial charge in [0, 0.05) is 33.4 Å². The predicted octanol–water partition coefficient (Wildman–Crippen LogP) is 15.5. The molecule has 1 heterocycles. The lowest BCUT2D eigenvalue weighted by Gasteiger charge is -2.26. The van der Waals surface area contributed by atoms with Gasteiger partial charge in [-0.1, -0.05) is 158 Å². The molecule has 0 saturated heterocycles. The molecule has 10 aromatic carbocycles. The zero-order valence-electron chi connectivity index (χ0n) is 30.6. The van der Waals surface area contributed by atoms with Crippen LogP contribution in [-0.4, -0.2) is 0 Å². The first-order valence-corrected chi connectivity index (χ1v) is 19.2. The minimum Gasteiger partial charge on any atom is -0.455 e. The quantitative estimate of drug-likeness (QED) is 0.160. The number of furan rings is 1. The maximum absolute atomic E-state index is 6.43. The molecule has 0 amide bonds. The molecular formula is C54H35NO. The Kier molecular flexibility index (Phi) is 7.53. The maximum atomic E-state index is 6.43. The van der Waals surface area contributed by atoms with Crippen molar-refractivity contribution in [3.63, 3.8) is 0 Å². The van der Waals surface area contributed by atoms with Gasteiger partial charge in [0.25, 0.3) is 0 Å². The topological polar surface area (TPSA) is 16.4 Å². The van der Waals surface area contributed by atoms with Crippen LogP contribution in [0.3, 0.4) is 0 Å². The Balaban J connectivity index is 1.04. The highest BCUT2D eigenvalue weighted by Crippen LogP contribution is 2.42. The van der Waals surface area contributed by atoms with Crippen LogP contribution in [0.5, 0.6) is 0 Å². The number of para-hydroxylation sites is 2. The first-order chi connectivity index (χ1) is 27.7. The number of nitrogens with zero attached hydrogens (tertiary/aromatic N) is 1. The van der Waals surface area contributed by atoms with Crippen LogP contribution >= 0.6 is 0 Å². The molecule has 0 spiro atoms. The van der Waals surface area contributed by atoms with E-state index in [0.717, 1.165) is 50.1 Å². The maximum Gasteiger partial charge on any atom is 0.143 e. The Morgan fingerprint density at radius 1 is 0.286 bits per heavy atom. The third kappa shape index (κ3) is 5.42. The largest absolute Gasteiger partial charge is 0.455 e. The van der Waals surface area contributed by atoms with Crippen LogP contribution in [0.1, 0.15) is 0 Å². The smallest absolute Gasteiger partial charge is 0.143 e. The average Bonchev–Trinajstić information content (AvgIpc) is 3.66. The lowest BCUT2D eigenvalue weighted by Crippen LogP contribution is -2.10. The average molecular weight is 714 g/mol. The van der Waals surface area contributed by atoms with Crippen molar-refractivity contribution >= 4 is 71.3 Å². The highest BCUT2D eigenvalue weighted by atomic mass is 16.3. The van der Waals surface area contributed by atoms with E-state index in [9.17, 15) is 0 Å². The Morgan fingerprint density at radius 2 is 0.893 bits per heavy atom. The van der Waals surface area contributed by atoms with Gasteiger partial charge in [0.2, 0.25) is 0 Å². The molecule has 0 bridgehead atoms. The minimum atomic E-state index is 0.906. The molecule has 0 saturated carbocycles. The number of fused-ring (bicyclic) bond motifs is 7. The summed E-state index contributed by atoms with van der Waals surface area (Å²) in [4.78, 5) is 2.36. The molecule has 0 atom stereocenters. The highest BCUT2D eigenvalue weighted by molar-refractivity contribution is 6.14. The zero-order valence-corrected chi connectivity index (χ0v) is 30.6. The summed E-state index contributed by atoms with van der Waals surface area (Å²) in [6.45, 7) is 0. The van der Waals surface area contributed by atoms with E-state index < -0.39 is 0 Å². The molecule has 11 rings (SSSR count). The summed E-state index contributed by atoms with van der Waals surface area (Å²) in [6, 6.07) is 76.5. The predicted molar refractivity (Wildman–Crippen MR) is 237 cm³/mol. The van der Waals surface area contributed by atoms with Crippen molar-refractivity contribution in [3.05, 3.63) is 212 Å². The van der Waals surface area contributed by atoms with E-state index in [1.165, 1.54) is 54.6 Å². The monoisotopic (exact) mass is 713 g/mol. The van der Waals surface area contributed by atoms with Gasteiger partial charge >= 0.3 is 0 Å². The van der Waals surface area contributed by atoms with Gasteiger partial charge < -0.3 is 9.32 Å². The van der Waals surface area contributed by atoms with E-state index in [1.54, 1.807) is 0 Å². The van der Waals surface area contributed by atoms with Crippen molar-refractivity contribution in [3.8, 4) is 33.4 Å². The lowest BCUT2D eigenvalue weighted by molar-refractivity contribution is 0.670. The number of hydrogen-bond acceptors (Lipinski definition) is 2. The van der Waals surface area contributed by atoms with E-state index in [1.807, 2.05) is 12.1 Å².